The van der Waals surface area contributed by atoms with Gasteiger partial charge in [-0.25, -0.2) is 0 Å². The van der Waals surface area contributed by atoms with Gasteiger partial charge >= 0.3 is 14.3 Å². The average molecular weight is 338 g/mol. The molecule has 0 saturated heterocycles. The fraction of sp³-hybridized carbons (Fsp3) is 0. The van der Waals surface area contributed by atoms with Crippen molar-refractivity contribution in [2.24, 2.45) is 0 Å². The molecule has 4 nitrogen and oxygen atoms in total. The topological polar surface area (TPSA) is 86.2 Å². The van der Waals surface area contributed by atoms with Gasteiger partial charge in [0.15, 0.2) is 0 Å². The minimum atomic E-state index is -5.39. The van der Waals surface area contributed by atoms with Crippen molar-refractivity contribution < 1.29 is 33.5 Å². The van der Waals surface area contributed by atoms with Gasteiger partial charge in [-0.1, -0.05) is 0 Å². The summed E-state index contributed by atoms with van der Waals surface area (Å²) in [5.41, 5.74) is 0. The minimum Gasteiger partial charge on any atom is -0.822 e. The Bertz CT molecular complexity index is 53.7. The van der Waals surface area contributed by atoms with E-state index in [-0.39, 0.29) is 14.3 Å². The summed E-state index contributed by atoms with van der Waals surface area (Å²) in [4.78, 5) is 25.6. The molecule has 0 aliphatic carbocycles. The molecule has 0 saturated carbocycles. The molecule has 0 radical (unpaired) electrons. The van der Waals surface area contributed by atoms with Gasteiger partial charge in [-0.15, -0.1) is 0 Å². The molecular weight excluding hydrogens is 338 g/mol. The number of hydrogen-bond acceptors (Lipinski definition) is 4. The van der Waals surface area contributed by atoms with E-state index in [0.717, 1.165) is 0 Å². The van der Waals surface area contributed by atoms with Gasteiger partial charge < -0.3 is 19.2 Å². The van der Waals surface area contributed by atoms with Crippen LogP contribution in [0, 0.1) is 14.3 Å². The Morgan fingerprint density at radius 1 is 1.17 bits per heavy atom. The van der Waals surface area contributed by atoms with Gasteiger partial charge in [-0.3, -0.25) is 0 Å². The van der Waals surface area contributed by atoms with Gasteiger partial charge in [-0.2, -0.15) is 7.82 Å². The van der Waals surface area contributed by atoms with Crippen molar-refractivity contribution in [1.82, 2.24) is 0 Å². The third-order valence-corrected chi connectivity index (χ3v) is 0. The Balaban J connectivity index is 0. The molecule has 0 bridgehead atoms. The second kappa shape index (κ2) is 2.64. The molecule has 0 atom stereocenters. The summed E-state index contributed by atoms with van der Waals surface area (Å²) in [6.45, 7) is 0. The number of hydrogen-bond donors (Lipinski definition) is 0. The Hall–Kier alpha value is 0.500. The van der Waals surface area contributed by atoms with Gasteiger partial charge in [-0.05, 0) is 0 Å². The van der Waals surface area contributed by atoms with Crippen LogP contribution in [0.5, 0.6) is 0 Å². The van der Waals surface area contributed by atoms with Crippen LogP contribution in [-0.4, -0.2) is 0 Å². The van der Waals surface area contributed by atoms with Gasteiger partial charge in [0, 0.05) is 0 Å². The van der Waals surface area contributed by atoms with E-state index >= 15 is 0 Å². The molecule has 0 fully saturated rings. The van der Waals surface area contributed by atoms with Gasteiger partial charge in [0.2, 0.25) is 0 Å². The van der Waals surface area contributed by atoms with Crippen LogP contribution in [0.25, 0.3) is 0 Å². The largest absolute Gasteiger partial charge is 3.00 e. The summed E-state index contributed by atoms with van der Waals surface area (Å²) in [5, 5.41) is 0. The minimum absolute atomic E-state index is 0. The fourth-order valence-electron chi connectivity index (χ4n) is 0. The van der Waals surface area contributed by atoms with Crippen LogP contribution in [0.1, 0.15) is 0 Å². The summed E-state index contributed by atoms with van der Waals surface area (Å²) < 4.78 is 8.55. The second-order valence-electron chi connectivity index (χ2n) is 0.447. The standard InChI is InChI=1S/Am.H3O4P/c;1-5(2,3)4/h;(H3,1,2,3,4)/q+3;/p-3. The molecule has 6 heteroatoms. The summed E-state index contributed by atoms with van der Waals surface area (Å²) in [6, 6.07) is 0. The van der Waals surface area contributed by atoms with Gasteiger partial charge in [0.05, 0.1) is 0 Å². The second-order valence-corrected chi connectivity index (χ2v) is 1.34. The SMILES string of the molecule is O=P([O-])([O-])[O-].[Am+3]. The zero-order valence-corrected chi connectivity index (χ0v) is 6.50. The molecule has 0 aliphatic rings. The van der Waals surface area contributed by atoms with E-state index in [2.05, 4.69) is 0 Å². The first kappa shape index (κ1) is 9.71. The van der Waals surface area contributed by atoms with E-state index in [1.807, 2.05) is 0 Å². The van der Waals surface area contributed by atoms with Crippen LogP contribution in [0.4, 0.5) is 0 Å². The predicted octanol–water partition coefficient (Wildman–Crippen LogP) is -2.82. The van der Waals surface area contributed by atoms with Crippen LogP contribution in [-0.2, 0) is 4.57 Å². The van der Waals surface area contributed by atoms with Crippen molar-refractivity contribution in [1.29, 1.82) is 0 Å². The van der Waals surface area contributed by atoms with Crippen molar-refractivity contribution in [3.8, 4) is 0 Å². The maximum atomic E-state index is 8.55. The van der Waals surface area contributed by atoms with E-state index < -0.39 is 7.82 Å². The summed E-state index contributed by atoms with van der Waals surface area (Å²) in [7, 11) is -5.39. The van der Waals surface area contributed by atoms with Crippen molar-refractivity contribution in [2.75, 3.05) is 0 Å². The number of rotatable bonds is 0. The molecule has 0 aliphatic heterocycles. The van der Waals surface area contributed by atoms with E-state index in [1.54, 1.807) is 0 Å². The van der Waals surface area contributed by atoms with E-state index in [4.69, 9.17) is 19.2 Å². The van der Waals surface area contributed by atoms with Crippen molar-refractivity contribution in [2.45, 2.75) is 0 Å². The fourth-order valence-corrected chi connectivity index (χ4v) is 0. The molecule has 36 valence electrons. The maximum absolute atomic E-state index is 8.55. The van der Waals surface area contributed by atoms with E-state index in [9.17, 15) is 0 Å². The van der Waals surface area contributed by atoms with Crippen LogP contribution >= 0.6 is 7.82 Å². The smallest absolute Gasteiger partial charge is 0.822 e. The predicted molar refractivity (Wildman–Crippen MR) is 7.61 cm³/mol. The Labute approximate surface area is 42.3 Å². The molecule has 0 heterocycles. The van der Waals surface area contributed by atoms with Crippen molar-refractivity contribution in [3.63, 3.8) is 0 Å². The third-order valence-electron chi connectivity index (χ3n) is 0. The molecule has 0 amide bonds. The van der Waals surface area contributed by atoms with E-state index in [0.29, 0.717) is 0 Å². The van der Waals surface area contributed by atoms with Crippen molar-refractivity contribution >= 4 is 7.82 Å². The normalized spacial score (nSPS) is 9.83. The van der Waals surface area contributed by atoms with Crippen molar-refractivity contribution in [3.05, 3.63) is 0 Å². The molecule has 0 aromatic carbocycles. The molecule has 0 spiro atoms. The molecular formula is AmO4P. The summed E-state index contributed by atoms with van der Waals surface area (Å²) in [6.07, 6.45) is 0. The van der Waals surface area contributed by atoms with Crippen LogP contribution < -0.4 is 14.7 Å². The zero-order valence-electron chi connectivity index (χ0n) is 2.46. The Kier molecular flexibility index (Phi) is 4.27. The Morgan fingerprint density at radius 2 is 1.17 bits per heavy atom. The zero-order chi connectivity index (χ0) is 4.50. The maximum Gasteiger partial charge on any atom is 3.00 e. The molecule has 0 aromatic rings. The third kappa shape index (κ3) is 221. The monoisotopic (exact) mass is 336 g/mol. The molecule has 0 unspecified atom stereocenters. The first-order chi connectivity index (χ1) is 2.00. The van der Waals surface area contributed by atoms with Crippen LogP contribution in [0.2, 0.25) is 0 Å². The Morgan fingerprint density at radius 3 is 1.17 bits per heavy atom. The van der Waals surface area contributed by atoms with Gasteiger partial charge in [0.25, 0.3) is 0 Å². The number of phosphoric acid groups is 1. The molecule has 0 N–H and O–H groups in total. The average Bonchev–Trinajstić information content (AvgIpc) is 0.722. The first-order valence-electron chi connectivity index (χ1n) is 0.730. The molecule has 6 heavy (non-hydrogen) atoms. The van der Waals surface area contributed by atoms with E-state index in [1.165, 1.54) is 0 Å². The molecule has 0 aromatic heterocycles. The quantitative estimate of drug-likeness (QED) is 0.446. The molecule has 0 rings (SSSR count). The van der Waals surface area contributed by atoms with Crippen LogP contribution in [0.15, 0.2) is 0 Å². The van der Waals surface area contributed by atoms with Gasteiger partial charge in [0.1, 0.15) is 0 Å². The summed E-state index contributed by atoms with van der Waals surface area (Å²) >= 11 is 0. The first-order valence-corrected chi connectivity index (χ1v) is 2.19. The van der Waals surface area contributed by atoms with Crippen LogP contribution in [0.3, 0.4) is 0 Å². The summed E-state index contributed by atoms with van der Waals surface area (Å²) in [5.74, 6) is 0.